The molecule has 3 aliphatic rings. The molecule has 1 N–H and O–H groups in total. The number of fused-ring (bicyclic) bond motifs is 1. The van der Waals surface area contributed by atoms with Gasteiger partial charge in [0.25, 0.3) is 5.91 Å². The first-order chi connectivity index (χ1) is 13.6. The molecule has 6 nitrogen and oxygen atoms in total. The summed E-state index contributed by atoms with van der Waals surface area (Å²) in [7, 11) is 0. The normalized spacial score (nSPS) is 30.5. The van der Waals surface area contributed by atoms with Crippen LogP contribution in [0, 0.1) is 25.7 Å². The Balaban J connectivity index is 1.32. The molecule has 0 aromatic carbocycles. The lowest BCUT2D eigenvalue weighted by Crippen LogP contribution is -2.42. The van der Waals surface area contributed by atoms with Crippen LogP contribution in [-0.2, 0) is 4.74 Å². The van der Waals surface area contributed by atoms with E-state index in [9.17, 15) is 4.79 Å². The molecule has 0 aliphatic carbocycles. The lowest BCUT2D eigenvalue weighted by atomic mass is 9.73. The second-order valence-corrected chi connectivity index (χ2v) is 8.45. The highest BCUT2D eigenvalue weighted by Gasteiger charge is 2.63. The lowest BCUT2D eigenvalue weighted by molar-refractivity contribution is 0.0141. The van der Waals surface area contributed by atoms with Crippen LogP contribution in [0.15, 0.2) is 36.7 Å². The number of carbonyl (C=O) groups is 1. The first kappa shape index (κ1) is 17.6. The minimum Gasteiger partial charge on any atom is -0.369 e. The van der Waals surface area contributed by atoms with E-state index in [1.165, 1.54) is 11.3 Å². The number of rotatable bonds is 4. The molecule has 3 fully saturated rings. The van der Waals surface area contributed by atoms with Crippen LogP contribution in [-0.4, -0.2) is 47.2 Å². The van der Waals surface area contributed by atoms with Crippen molar-refractivity contribution in [2.24, 2.45) is 11.8 Å². The Hall–Kier alpha value is -2.47. The zero-order chi connectivity index (χ0) is 19.3. The van der Waals surface area contributed by atoms with Gasteiger partial charge >= 0.3 is 0 Å². The number of anilines is 1. The minimum atomic E-state index is -0.104. The molecule has 2 aromatic rings. The Morgan fingerprint density at radius 3 is 3.07 bits per heavy atom. The number of amides is 1. The summed E-state index contributed by atoms with van der Waals surface area (Å²) in [6.45, 7) is 6.72. The van der Waals surface area contributed by atoms with Crippen LogP contribution in [0.25, 0.3) is 0 Å². The van der Waals surface area contributed by atoms with Gasteiger partial charge in [-0.25, -0.2) is 0 Å². The van der Waals surface area contributed by atoms with Gasteiger partial charge < -0.3 is 15.0 Å². The third-order valence-corrected chi connectivity index (χ3v) is 6.73. The summed E-state index contributed by atoms with van der Waals surface area (Å²) in [6.07, 6.45) is 6.07. The first-order valence-electron chi connectivity index (χ1n) is 10.1. The van der Waals surface area contributed by atoms with Crippen LogP contribution in [0.1, 0.15) is 34.6 Å². The Kier molecular flexibility index (Phi) is 4.12. The molecule has 2 bridgehead atoms. The predicted molar refractivity (Wildman–Crippen MR) is 106 cm³/mol. The average molecular weight is 378 g/mol. The van der Waals surface area contributed by atoms with E-state index in [0.29, 0.717) is 24.1 Å². The Morgan fingerprint density at radius 2 is 2.25 bits per heavy atom. The molecule has 2 aromatic heterocycles. The Bertz CT molecular complexity index is 903. The summed E-state index contributed by atoms with van der Waals surface area (Å²) in [5.74, 6) is 0.700. The van der Waals surface area contributed by atoms with Crippen molar-refractivity contribution in [3.8, 4) is 0 Å². The molecule has 3 aliphatic heterocycles. The molecule has 28 heavy (non-hydrogen) atoms. The van der Waals surface area contributed by atoms with Gasteiger partial charge in [0.05, 0.1) is 11.7 Å². The van der Waals surface area contributed by atoms with E-state index in [4.69, 9.17) is 4.74 Å². The second-order valence-electron chi connectivity index (χ2n) is 8.45. The number of aromatic nitrogens is 2. The van der Waals surface area contributed by atoms with Crippen LogP contribution in [0.3, 0.4) is 0 Å². The topological polar surface area (TPSA) is 67.4 Å². The molecule has 5 heterocycles. The molecule has 0 saturated carbocycles. The zero-order valence-electron chi connectivity index (χ0n) is 16.4. The fraction of sp³-hybridized carbons (Fsp3) is 0.500. The van der Waals surface area contributed by atoms with Crippen molar-refractivity contribution < 1.29 is 9.53 Å². The zero-order valence-corrected chi connectivity index (χ0v) is 16.4. The number of nitrogens with zero attached hydrogens (tertiary/aromatic N) is 3. The maximum absolute atomic E-state index is 12.4. The quantitative estimate of drug-likeness (QED) is 0.885. The molecule has 3 saturated heterocycles. The fourth-order valence-electron chi connectivity index (χ4n) is 5.40. The number of hydrogen-bond donors (Lipinski definition) is 1. The average Bonchev–Trinajstić information content (AvgIpc) is 3.37. The summed E-state index contributed by atoms with van der Waals surface area (Å²) in [6, 6.07) is 7.59. The van der Waals surface area contributed by atoms with Crippen molar-refractivity contribution in [2.75, 3.05) is 24.5 Å². The summed E-state index contributed by atoms with van der Waals surface area (Å²) in [4.78, 5) is 23.5. The maximum atomic E-state index is 12.4. The Morgan fingerprint density at radius 1 is 1.36 bits per heavy atom. The van der Waals surface area contributed by atoms with Gasteiger partial charge in [0.15, 0.2) is 0 Å². The van der Waals surface area contributed by atoms with E-state index in [1.807, 2.05) is 25.3 Å². The van der Waals surface area contributed by atoms with Gasteiger partial charge in [0.1, 0.15) is 5.69 Å². The minimum absolute atomic E-state index is 0.0608. The van der Waals surface area contributed by atoms with Crippen LogP contribution < -0.4 is 10.2 Å². The van der Waals surface area contributed by atoms with Crippen LogP contribution in [0.2, 0.25) is 0 Å². The third kappa shape index (κ3) is 2.78. The van der Waals surface area contributed by atoms with Crippen molar-refractivity contribution >= 4 is 11.6 Å². The SMILES string of the molecule is Cc1cc(N2C[C@@H]3[C@H](CNC(=O)c4ccccn4)[C@H]4CC[C@]3(C2)O4)c(C)cn1. The van der Waals surface area contributed by atoms with E-state index >= 15 is 0 Å². The highest BCUT2D eigenvalue weighted by molar-refractivity contribution is 5.92. The molecule has 1 amide bonds. The van der Waals surface area contributed by atoms with Crippen LogP contribution in [0.5, 0.6) is 0 Å². The molecular weight excluding hydrogens is 352 g/mol. The summed E-state index contributed by atoms with van der Waals surface area (Å²) in [5, 5.41) is 3.10. The van der Waals surface area contributed by atoms with E-state index in [0.717, 1.165) is 31.6 Å². The second kappa shape index (κ2) is 6.55. The standard InChI is InChI=1S/C22H26N4O2/c1-14-10-24-15(2)9-19(14)26-12-17-16(20-6-7-22(17,13-26)28-20)11-25-21(27)18-5-3-4-8-23-18/h3-5,8-10,16-17,20H,6-7,11-13H2,1-2H3,(H,25,27)/t16-,17+,20+,22+/m0/s1. The number of nitrogens with one attached hydrogen (secondary N) is 1. The van der Waals surface area contributed by atoms with Crippen LogP contribution in [0.4, 0.5) is 5.69 Å². The monoisotopic (exact) mass is 378 g/mol. The highest BCUT2D eigenvalue weighted by Crippen LogP contribution is 2.55. The van der Waals surface area contributed by atoms with Gasteiger partial charge in [-0.3, -0.25) is 14.8 Å². The number of aryl methyl sites for hydroxylation is 2. The van der Waals surface area contributed by atoms with Crippen molar-refractivity contribution in [2.45, 2.75) is 38.4 Å². The van der Waals surface area contributed by atoms with E-state index < -0.39 is 0 Å². The van der Waals surface area contributed by atoms with Gasteiger partial charge in [-0.15, -0.1) is 0 Å². The molecule has 6 heteroatoms. The summed E-state index contributed by atoms with van der Waals surface area (Å²) < 4.78 is 6.53. The van der Waals surface area contributed by atoms with Crippen molar-refractivity contribution in [1.82, 2.24) is 15.3 Å². The molecular formula is C22H26N4O2. The van der Waals surface area contributed by atoms with Gasteiger partial charge in [0.2, 0.25) is 0 Å². The molecule has 0 unspecified atom stereocenters. The fourth-order valence-corrected chi connectivity index (χ4v) is 5.40. The van der Waals surface area contributed by atoms with E-state index in [1.54, 1.807) is 12.3 Å². The highest BCUT2D eigenvalue weighted by atomic mass is 16.5. The molecule has 0 radical (unpaired) electrons. The van der Waals surface area contributed by atoms with Crippen LogP contribution >= 0.6 is 0 Å². The van der Waals surface area contributed by atoms with Crippen molar-refractivity contribution in [3.05, 3.63) is 53.6 Å². The molecule has 146 valence electrons. The van der Waals surface area contributed by atoms with Crippen molar-refractivity contribution in [1.29, 1.82) is 0 Å². The smallest absolute Gasteiger partial charge is 0.269 e. The van der Waals surface area contributed by atoms with Gasteiger partial charge in [-0.2, -0.15) is 0 Å². The number of ether oxygens (including phenoxy) is 1. The molecule has 1 spiro atoms. The lowest BCUT2D eigenvalue weighted by Gasteiger charge is -2.29. The van der Waals surface area contributed by atoms with Gasteiger partial charge in [0, 0.05) is 55.2 Å². The molecule has 4 atom stereocenters. The van der Waals surface area contributed by atoms with E-state index in [2.05, 4.69) is 33.2 Å². The van der Waals surface area contributed by atoms with Gasteiger partial charge in [-0.1, -0.05) is 6.07 Å². The number of carbonyl (C=O) groups excluding carboxylic acids is 1. The number of hydrogen-bond acceptors (Lipinski definition) is 5. The first-order valence-corrected chi connectivity index (χ1v) is 10.1. The summed E-state index contributed by atoms with van der Waals surface area (Å²) >= 11 is 0. The summed E-state index contributed by atoms with van der Waals surface area (Å²) in [5.41, 5.74) is 3.92. The Labute approximate surface area is 165 Å². The van der Waals surface area contributed by atoms with E-state index in [-0.39, 0.29) is 17.6 Å². The number of pyridine rings is 2. The predicted octanol–water partition coefficient (Wildman–Crippen LogP) is 2.51. The largest absolute Gasteiger partial charge is 0.369 e. The van der Waals surface area contributed by atoms with Crippen molar-refractivity contribution in [3.63, 3.8) is 0 Å². The van der Waals surface area contributed by atoms with Gasteiger partial charge in [-0.05, 0) is 50.5 Å². The molecule has 5 rings (SSSR count). The third-order valence-electron chi connectivity index (χ3n) is 6.73. The maximum Gasteiger partial charge on any atom is 0.269 e.